The second-order valence-corrected chi connectivity index (χ2v) is 6.45. The minimum atomic E-state index is 0.159. The van der Waals surface area contributed by atoms with Crippen LogP contribution in [0.1, 0.15) is 28.8 Å². The molecule has 0 fully saturated rings. The van der Waals surface area contributed by atoms with Crippen LogP contribution < -0.4 is 0 Å². The second kappa shape index (κ2) is 8.47. The van der Waals surface area contributed by atoms with E-state index in [0.717, 1.165) is 26.5 Å². The Labute approximate surface area is 141 Å². The molecule has 0 spiro atoms. The monoisotopic (exact) mass is 410 g/mol. The van der Waals surface area contributed by atoms with Crippen molar-refractivity contribution in [3.8, 4) is 0 Å². The van der Waals surface area contributed by atoms with Crippen LogP contribution in [0.3, 0.4) is 0 Å². The van der Waals surface area contributed by atoms with Crippen molar-refractivity contribution in [2.75, 3.05) is 6.61 Å². The number of rotatable bonds is 7. The van der Waals surface area contributed by atoms with E-state index in [4.69, 9.17) is 4.74 Å². The van der Waals surface area contributed by atoms with E-state index in [9.17, 15) is 4.79 Å². The maximum atomic E-state index is 12.0. The van der Waals surface area contributed by atoms with E-state index in [1.807, 2.05) is 48.5 Å². The molecule has 2 aromatic rings. The van der Waals surface area contributed by atoms with Gasteiger partial charge in [-0.05, 0) is 30.2 Å². The maximum Gasteiger partial charge on any atom is 0.162 e. The van der Waals surface area contributed by atoms with Gasteiger partial charge in [-0.3, -0.25) is 4.79 Å². The van der Waals surface area contributed by atoms with E-state index in [0.29, 0.717) is 19.6 Å². The molecule has 4 heteroatoms. The zero-order valence-corrected chi connectivity index (χ0v) is 14.7. The number of halogens is 2. The van der Waals surface area contributed by atoms with Gasteiger partial charge >= 0.3 is 0 Å². The van der Waals surface area contributed by atoms with Crippen molar-refractivity contribution in [2.45, 2.75) is 19.4 Å². The quantitative estimate of drug-likeness (QED) is 0.450. The first kappa shape index (κ1) is 16.4. The number of ether oxygens (including phenoxy) is 1. The highest BCUT2D eigenvalue weighted by Crippen LogP contribution is 2.17. The lowest BCUT2D eigenvalue weighted by atomic mass is 10.1. The number of carbonyl (C=O) groups is 1. The van der Waals surface area contributed by atoms with Gasteiger partial charge in [-0.25, -0.2) is 0 Å². The van der Waals surface area contributed by atoms with Crippen molar-refractivity contribution >= 4 is 37.6 Å². The lowest BCUT2D eigenvalue weighted by Gasteiger charge is -2.06. The Balaban J connectivity index is 1.69. The van der Waals surface area contributed by atoms with Crippen molar-refractivity contribution < 1.29 is 9.53 Å². The molecular weight excluding hydrogens is 396 g/mol. The molecule has 110 valence electrons. The molecule has 2 nitrogen and oxygen atoms in total. The minimum absolute atomic E-state index is 0.159. The Morgan fingerprint density at radius 1 is 1.00 bits per heavy atom. The molecule has 0 aromatic heterocycles. The molecule has 0 bridgehead atoms. The van der Waals surface area contributed by atoms with Crippen LogP contribution in [0.5, 0.6) is 0 Å². The number of hydrogen-bond acceptors (Lipinski definition) is 2. The van der Waals surface area contributed by atoms with Crippen LogP contribution in [0.4, 0.5) is 0 Å². The summed E-state index contributed by atoms with van der Waals surface area (Å²) >= 11 is 6.85. The Kier molecular flexibility index (Phi) is 6.61. The summed E-state index contributed by atoms with van der Waals surface area (Å²) in [6, 6.07) is 15.4. The number of benzene rings is 2. The smallest absolute Gasteiger partial charge is 0.162 e. The van der Waals surface area contributed by atoms with Crippen LogP contribution in [-0.4, -0.2) is 12.4 Å². The molecule has 0 amide bonds. The van der Waals surface area contributed by atoms with Gasteiger partial charge < -0.3 is 4.74 Å². The lowest BCUT2D eigenvalue weighted by Crippen LogP contribution is -2.02. The van der Waals surface area contributed by atoms with Gasteiger partial charge in [-0.2, -0.15) is 0 Å². The molecular formula is C17H16Br2O2. The largest absolute Gasteiger partial charge is 0.377 e. The Bertz CT molecular complexity index is 594. The highest BCUT2D eigenvalue weighted by molar-refractivity contribution is 9.10. The van der Waals surface area contributed by atoms with E-state index in [2.05, 4.69) is 31.9 Å². The highest BCUT2D eigenvalue weighted by Gasteiger charge is 2.05. The van der Waals surface area contributed by atoms with Gasteiger partial charge in [-0.1, -0.05) is 62.2 Å². The van der Waals surface area contributed by atoms with Crippen molar-refractivity contribution in [1.82, 2.24) is 0 Å². The summed E-state index contributed by atoms with van der Waals surface area (Å²) in [6.07, 6.45) is 1.25. The normalized spacial score (nSPS) is 10.6. The summed E-state index contributed by atoms with van der Waals surface area (Å²) in [4.78, 5) is 12.0. The first-order valence-corrected chi connectivity index (χ1v) is 8.35. The number of carbonyl (C=O) groups excluding carboxylic acids is 1. The molecule has 0 atom stereocenters. The fourth-order valence-electron chi connectivity index (χ4n) is 1.91. The topological polar surface area (TPSA) is 26.3 Å². The zero-order valence-electron chi connectivity index (χ0n) is 11.5. The minimum Gasteiger partial charge on any atom is -0.377 e. The van der Waals surface area contributed by atoms with Gasteiger partial charge in [0.25, 0.3) is 0 Å². The van der Waals surface area contributed by atoms with E-state index >= 15 is 0 Å². The first-order valence-electron chi connectivity index (χ1n) is 6.77. The van der Waals surface area contributed by atoms with E-state index < -0.39 is 0 Å². The van der Waals surface area contributed by atoms with Crippen LogP contribution in [0.15, 0.2) is 57.5 Å². The highest BCUT2D eigenvalue weighted by atomic mass is 79.9. The maximum absolute atomic E-state index is 12.0. The third-order valence-electron chi connectivity index (χ3n) is 3.07. The van der Waals surface area contributed by atoms with Crippen LogP contribution in [0, 0.1) is 0 Å². The van der Waals surface area contributed by atoms with Gasteiger partial charge in [-0.15, -0.1) is 0 Å². The number of hydrogen-bond donors (Lipinski definition) is 0. The van der Waals surface area contributed by atoms with E-state index in [1.54, 1.807) is 0 Å². The molecule has 0 saturated heterocycles. The summed E-state index contributed by atoms with van der Waals surface area (Å²) in [5, 5.41) is 0. The number of ketones is 1. The molecule has 2 rings (SSSR count). The van der Waals surface area contributed by atoms with Gasteiger partial charge in [0.15, 0.2) is 5.78 Å². The lowest BCUT2D eigenvalue weighted by molar-refractivity contribution is 0.0918. The summed E-state index contributed by atoms with van der Waals surface area (Å²) in [5.74, 6) is 0.159. The molecule has 0 aliphatic carbocycles. The third-order valence-corrected chi connectivity index (χ3v) is 4.38. The van der Waals surface area contributed by atoms with Gasteiger partial charge in [0.05, 0.1) is 6.61 Å². The van der Waals surface area contributed by atoms with Gasteiger partial charge in [0.2, 0.25) is 0 Å². The van der Waals surface area contributed by atoms with Crippen LogP contribution in [0.25, 0.3) is 0 Å². The molecule has 21 heavy (non-hydrogen) atoms. The van der Waals surface area contributed by atoms with Crippen LogP contribution in [-0.2, 0) is 11.3 Å². The summed E-state index contributed by atoms with van der Waals surface area (Å²) in [5.41, 5.74) is 1.88. The predicted octanol–water partition coefficient (Wildman–Crippen LogP) is 5.39. The molecule has 0 aliphatic heterocycles. The van der Waals surface area contributed by atoms with Gasteiger partial charge in [0.1, 0.15) is 0 Å². The van der Waals surface area contributed by atoms with Gasteiger partial charge in [0, 0.05) is 27.5 Å². The van der Waals surface area contributed by atoms with Crippen molar-refractivity contribution in [3.05, 3.63) is 68.6 Å². The molecule has 0 saturated carbocycles. The Morgan fingerprint density at radius 3 is 2.43 bits per heavy atom. The summed E-state index contributed by atoms with van der Waals surface area (Å²) in [7, 11) is 0. The van der Waals surface area contributed by atoms with Crippen LogP contribution >= 0.6 is 31.9 Å². The average molecular weight is 412 g/mol. The molecule has 0 heterocycles. The third kappa shape index (κ3) is 5.38. The molecule has 0 radical (unpaired) electrons. The average Bonchev–Trinajstić information content (AvgIpc) is 2.49. The fraction of sp³-hybridized carbons (Fsp3) is 0.235. The van der Waals surface area contributed by atoms with E-state index in [-0.39, 0.29) is 5.78 Å². The van der Waals surface area contributed by atoms with Crippen LogP contribution in [0.2, 0.25) is 0 Å². The molecule has 0 unspecified atom stereocenters. The Hall–Kier alpha value is -0.970. The standard InChI is InChI=1S/C17H16Br2O2/c18-15-9-7-13(8-10-15)17(20)6-3-11-21-12-14-4-1-2-5-16(14)19/h1-2,4-5,7-10H,3,6,11-12H2. The second-order valence-electron chi connectivity index (χ2n) is 4.68. The summed E-state index contributed by atoms with van der Waals surface area (Å²) in [6.45, 7) is 1.15. The zero-order chi connectivity index (χ0) is 15.1. The van der Waals surface area contributed by atoms with Crippen molar-refractivity contribution in [2.24, 2.45) is 0 Å². The Morgan fingerprint density at radius 2 is 1.71 bits per heavy atom. The number of Topliss-reactive ketones (excluding diaryl/α,β-unsaturated/α-hetero) is 1. The molecule has 0 N–H and O–H groups in total. The van der Waals surface area contributed by atoms with E-state index in [1.165, 1.54) is 0 Å². The molecule has 0 aliphatic rings. The summed E-state index contributed by atoms with van der Waals surface area (Å²) < 4.78 is 7.65. The first-order chi connectivity index (χ1) is 10.2. The molecule has 2 aromatic carbocycles. The SMILES string of the molecule is O=C(CCCOCc1ccccc1Br)c1ccc(Br)cc1. The fourth-order valence-corrected chi connectivity index (χ4v) is 2.58. The van der Waals surface area contributed by atoms with Crippen molar-refractivity contribution in [1.29, 1.82) is 0 Å². The van der Waals surface area contributed by atoms with Crippen molar-refractivity contribution in [3.63, 3.8) is 0 Å². The predicted molar refractivity (Wildman–Crippen MR) is 91.5 cm³/mol.